The van der Waals surface area contributed by atoms with Crippen molar-refractivity contribution in [1.29, 1.82) is 0 Å². The third-order valence-corrected chi connectivity index (χ3v) is 8.02. The minimum atomic E-state index is -0.954. The van der Waals surface area contributed by atoms with Gasteiger partial charge in [0.15, 0.2) is 0 Å². The lowest BCUT2D eigenvalue weighted by molar-refractivity contribution is -0.152. The zero-order valence-electron chi connectivity index (χ0n) is 27.7. The summed E-state index contributed by atoms with van der Waals surface area (Å²) < 4.78 is 10.3. The van der Waals surface area contributed by atoms with E-state index in [0.29, 0.717) is 12.8 Å². The van der Waals surface area contributed by atoms with Gasteiger partial charge in [0.2, 0.25) is 0 Å². The van der Waals surface area contributed by atoms with Crippen molar-refractivity contribution >= 4 is 11.9 Å². The minimum Gasteiger partial charge on any atom is -0.463 e. The van der Waals surface area contributed by atoms with Gasteiger partial charge in [0.25, 0.3) is 0 Å². The van der Waals surface area contributed by atoms with Crippen LogP contribution in [0.3, 0.4) is 0 Å². The molecule has 41 heavy (non-hydrogen) atoms. The third-order valence-electron chi connectivity index (χ3n) is 8.02. The Labute approximate surface area is 255 Å². The van der Waals surface area contributed by atoms with Gasteiger partial charge in [-0.3, -0.25) is 9.59 Å². The molecule has 0 spiro atoms. The van der Waals surface area contributed by atoms with Gasteiger partial charge in [0, 0.05) is 12.8 Å². The number of carbonyl (C=O) groups excluding carboxylic acids is 2. The van der Waals surface area contributed by atoms with Crippen molar-refractivity contribution in [3.63, 3.8) is 0 Å². The molecule has 0 rings (SSSR count). The highest BCUT2D eigenvalue weighted by atomic mass is 16.6. The number of ether oxygens (including phenoxy) is 2. The van der Waals surface area contributed by atoms with Crippen LogP contribution in [0.1, 0.15) is 194 Å². The van der Waals surface area contributed by atoms with Gasteiger partial charge in [-0.15, -0.1) is 0 Å². The van der Waals surface area contributed by atoms with Crippen LogP contribution in [0.15, 0.2) is 0 Å². The fraction of sp³-hybridized carbons (Fsp3) is 0.944. The SMILES string of the molecule is CCCCCCCCCCCCCCCCCCCC(=O)OC[C@@H](O)COC(=O)CCCCCCCCCC(C)C. The van der Waals surface area contributed by atoms with Crippen LogP contribution >= 0.6 is 0 Å². The molecule has 1 N–H and O–H groups in total. The Morgan fingerprint density at radius 2 is 0.780 bits per heavy atom. The number of hydrogen-bond donors (Lipinski definition) is 1. The molecule has 5 nitrogen and oxygen atoms in total. The van der Waals surface area contributed by atoms with Crippen LogP contribution in [0, 0.1) is 5.92 Å². The van der Waals surface area contributed by atoms with E-state index in [1.54, 1.807) is 0 Å². The van der Waals surface area contributed by atoms with Crippen molar-refractivity contribution in [3.8, 4) is 0 Å². The average molecular weight is 583 g/mol. The topological polar surface area (TPSA) is 72.8 Å². The first-order valence-corrected chi connectivity index (χ1v) is 17.9. The molecule has 0 aromatic carbocycles. The normalized spacial score (nSPS) is 12.1. The van der Waals surface area contributed by atoms with E-state index < -0.39 is 6.10 Å². The number of hydrogen-bond acceptors (Lipinski definition) is 5. The molecule has 0 aliphatic rings. The summed E-state index contributed by atoms with van der Waals surface area (Å²) in [6.07, 6.45) is 31.6. The van der Waals surface area contributed by atoms with Crippen molar-refractivity contribution in [2.24, 2.45) is 5.92 Å². The molecule has 0 aromatic rings. The summed E-state index contributed by atoms with van der Waals surface area (Å²) in [4.78, 5) is 23.8. The molecular weight excluding hydrogens is 512 g/mol. The number of carbonyl (C=O) groups is 2. The highest BCUT2D eigenvalue weighted by molar-refractivity contribution is 5.69. The summed E-state index contributed by atoms with van der Waals surface area (Å²) in [5.41, 5.74) is 0. The van der Waals surface area contributed by atoms with E-state index >= 15 is 0 Å². The summed E-state index contributed by atoms with van der Waals surface area (Å²) in [6, 6.07) is 0. The second-order valence-electron chi connectivity index (χ2n) is 12.8. The Kier molecular flexibility index (Phi) is 31.0. The van der Waals surface area contributed by atoms with Gasteiger partial charge in [0.05, 0.1) is 0 Å². The molecule has 0 fully saturated rings. The van der Waals surface area contributed by atoms with Crippen LogP contribution in [-0.2, 0) is 19.1 Å². The molecule has 0 saturated carbocycles. The predicted octanol–water partition coefficient (Wildman–Crippen LogP) is 10.6. The van der Waals surface area contributed by atoms with Gasteiger partial charge in [-0.25, -0.2) is 0 Å². The molecule has 0 heterocycles. The number of aliphatic hydroxyl groups is 1. The molecule has 1 atom stereocenters. The molecule has 0 aliphatic heterocycles. The van der Waals surface area contributed by atoms with E-state index in [-0.39, 0.29) is 25.2 Å². The predicted molar refractivity (Wildman–Crippen MR) is 173 cm³/mol. The maximum Gasteiger partial charge on any atom is 0.305 e. The smallest absolute Gasteiger partial charge is 0.305 e. The molecule has 244 valence electrons. The Balaban J connectivity index is 3.38. The molecule has 0 aliphatic carbocycles. The van der Waals surface area contributed by atoms with E-state index in [4.69, 9.17) is 9.47 Å². The Hall–Kier alpha value is -1.10. The Morgan fingerprint density at radius 3 is 1.10 bits per heavy atom. The van der Waals surface area contributed by atoms with Gasteiger partial charge in [-0.05, 0) is 18.8 Å². The van der Waals surface area contributed by atoms with Crippen LogP contribution in [0.5, 0.6) is 0 Å². The van der Waals surface area contributed by atoms with Gasteiger partial charge in [-0.2, -0.15) is 0 Å². The highest BCUT2D eigenvalue weighted by Gasteiger charge is 2.12. The zero-order valence-corrected chi connectivity index (χ0v) is 27.7. The number of unbranched alkanes of at least 4 members (excludes halogenated alkanes) is 22. The number of rotatable bonds is 32. The molecule has 0 saturated heterocycles. The van der Waals surface area contributed by atoms with Gasteiger partial charge < -0.3 is 14.6 Å². The van der Waals surface area contributed by atoms with Crippen molar-refractivity contribution in [1.82, 2.24) is 0 Å². The van der Waals surface area contributed by atoms with Crippen LogP contribution in [-0.4, -0.2) is 36.4 Å². The third kappa shape index (κ3) is 33.3. The maximum absolute atomic E-state index is 11.9. The number of esters is 2. The van der Waals surface area contributed by atoms with E-state index in [9.17, 15) is 14.7 Å². The summed E-state index contributed by atoms with van der Waals surface area (Å²) >= 11 is 0. The van der Waals surface area contributed by atoms with Crippen molar-refractivity contribution in [3.05, 3.63) is 0 Å². The standard InChI is InChI=1S/C36H70O5/c1-4-5-6-7-8-9-10-11-12-13-14-15-16-17-20-23-26-29-35(38)40-31-34(37)32-41-36(39)30-27-24-21-18-19-22-25-28-33(2)3/h33-34,37H,4-32H2,1-3H3/t34-/m1/s1. The summed E-state index contributed by atoms with van der Waals surface area (Å²) in [7, 11) is 0. The maximum atomic E-state index is 11.9. The average Bonchev–Trinajstić information content (AvgIpc) is 2.95. The van der Waals surface area contributed by atoms with Crippen LogP contribution in [0.4, 0.5) is 0 Å². The molecule has 0 aromatic heterocycles. The van der Waals surface area contributed by atoms with Crippen molar-refractivity contribution in [2.75, 3.05) is 13.2 Å². The van der Waals surface area contributed by atoms with Gasteiger partial charge in [-0.1, -0.05) is 168 Å². The largest absolute Gasteiger partial charge is 0.463 e. The molecule has 0 bridgehead atoms. The lowest BCUT2D eigenvalue weighted by Gasteiger charge is -2.12. The van der Waals surface area contributed by atoms with Crippen LogP contribution in [0.2, 0.25) is 0 Å². The fourth-order valence-corrected chi connectivity index (χ4v) is 5.27. The first-order valence-electron chi connectivity index (χ1n) is 17.9. The second-order valence-corrected chi connectivity index (χ2v) is 12.8. The minimum absolute atomic E-state index is 0.109. The molecule has 5 heteroatoms. The van der Waals surface area contributed by atoms with Crippen molar-refractivity contribution in [2.45, 2.75) is 200 Å². The first kappa shape index (κ1) is 39.9. The summed E-state index contributed by atoms with van der Waals surface area (Å²) in [5, 5.41) is 9.96. The highest BCUT2D eigenvalue weighted by Crippen LogP contribution is 2.15. The zero-order chi connectivity index (χ0) is 30.2. The quantitative estimate of drug-likeness (QED) is 0.0631. The lowest BCUT2D eigenvalue weighted by atomic mass is 10.0. The van der Waals surface area contributed by atoms with Crippen LogP contribution < -0.4 is 0 Å². The van der Waals surface area contributed by atoms with E-state index in [0.717, 1.165) is 38.0 Å². The van der Waals surface area contributed by atoms with E-state index in [1.807, 2.05) is 0 Å². The first-order chi connectivity index (χ1) is 20.0. The van der Waals surface area contributed by atoms with Gasteiger partial charge >= 0.3 is 11.9 Å². The lowest BCUT2D eigenvalue weighted by Crippen LogP contribution is -2.25. The Bertz CT molecular complexity index is 562. The van der Waals surface area contributed by atoms with Crippen molar-refractivity contribution < 1.29 is 24.2 Å². The Morgan fingerprint density at radius 1 is 0.488 bits per heavy atom. The molecule has 0 radical (unpaired) electrons. The second kappa shape index (κ2) is 31.8. The summed E-state index contributed by atoms with van der Waals surface area (Å²) in [5.74, 6) is 0.237. The molecule has 0 unspecified atom stereocenters. The van der Waals surface area contributed by atoms with Crippen LogP contribution in [0.25, 0.3) is 0 Å². The number of aliphatic hydroxyl groups excluding tert-OH is 1. The van der Waals surface area contributed by atoms with E-state index in [1.165, 1.54) is 128 Å². The summed E-state index contributed by atoms with van der Waals surface area (Å²) in [6.45, 7) is 6.60. The molecule has 0 amide bonds. The monoisotopic (exact) mass is 583 g/mol. The fourth-order valence-electron chi connectivity index (χ4n) is 5.27. The van der Waals surface area contributed by atoms with E-state index in [2.05, 4.69) is 20.8 Å². The molecular formula is C36H70O5. The van der Waals surface area contributed by atoms with Gasteiger partial charge in [0.1, 0.15) is 19.3 Å².